The third-order valence-electron chi connectivity index (χ3n) is 2.35. The summed E-state index contributed by atoms with van der Waals surface area (Å²) in [4.78, 5) is 20.9. The van der Waals surface area contributed by atoms with Crippen LogP contribution in [-0.2, 0) is 4.79 Å². The van der Waals surface area contributed by atoms with Crippen molar-refractivity contribution in [3.05, 3.63) is 38.7 Å². The smallest absolute Gasteiger partial charge is 0.311 e. The number of rotatable bonds is 4. The lowest BCUT2D eigenvalue weighted by Crippen LogP contribution is -2.12. The SMILES string of the molecule is CCC(C(=O)O)c1cc(Cl)c(F)cc1[N+](=O)[O-]. The number of halogens is 2. The number of hydrogen-bond acceptors (Lipinski definition) is 3. The van der Waals surface area contributed by atoms with E-state index in [0.717, 1.165) is 6.07 Å². The van der Waals surface area contributed by atoms with Crippen LogP contribution in [0.25, 0.3) is 0 Å². The zero-order valence-corrected chi connectivity index (χ0v) is 9.57. The van der Waals surface area contributed by atoms with E-state index in [1.807, 2.05) is 0 Å². The normalized spacial score (nSPS) is 12.2. The highest BCUT2D eigenvalue weighted by Gasteiger charge is 2.28. The molecule has 1 aromatic rings. The molecular weight excluding hydrogens is 253 g/mol. The molecule has 0 spiro atoms. The number of nitrogens with zero attached hydrogens (tertiary/aromatic N) is 1. The molecule has 92 valence electrons. The van der Waals surface area contributed by atoms with Crippen LogP contribution in [0.2, 0.25) is 5.02 Å². The van der Waals surface area contributed by atoms with E-state index in [0.29, 0.717) is 6.07 Å². The maximum absolute atomic E-state index is 13.1. The van der Waals surface area contributed by atoms with Gasteiger partial charge in [-0.3, -0.25) is 14.9 Å². The molecule has 7 heteroatoms. The van der Waals surface area contributed by atoms with Crippen LogP contribution < -0.4 is 0 Å². The molecule has 1 N–H and O–H groups in total. The molecule has 0 amide bonds. The number of benzene rings is 1. The third kappa shape index (κ3) is 2.71. The molecule has 0 aliphatic carbocycles. The molecule has 0 aliphatic heterocycles. The Bertz CT molecular complexity index is 478. The summed E-state index contributed by atoms with van der Waals surface area (Å²) in [6, 6.07) is 1.64. The molecule has 1 unspecified atom stereocenters. The van der Waals surface area contributed by atoms with E-state index in [2.05, 4.69) is 0 Å². The van der Waals surface area contributed by atoms with Crippen LogP contribution >= 0.6 is 11.6 Å². The van der Waals surface area contributed by atoms with Gasteiger partial charge in [0.2, 0.25) is 0 Å². The Labute approximate surface area is 101 Å². The fourth-order valence-electron chi connectivity index (χ4n) is 1.52. The standard InChI is InChI=1S/C10H9ClFNO4/c1-2-5(10(14)15)6-3-7(11)8(12)4-9(6)13(16)17/h3-5H,2H2,1H3,(H,14,15). The van der Waals surface area contributed by atoms with Crippen LogP contribution in [0, 0.1) is 15.9 Å². The fraction of sp³-hybridized carbons (Fsp3) is 0.300. The van der Waals surface area contributed by atoms with E-state index in [1.165, 1.54) is 0 Å². The van der Waals surface area contributed by atoms with Crippen molar-refractivity contribution in [2.24, 2.45) is 0 Å². The first-order valence-corrected chi connectivity index (χ1v) is 5.12. The topological polar surface area (TPSA) is 80.4 Å². The predicted octanol–water partition coefficient (Wildman–Crippen LogP) is 2.97. The van der Waals surface area contributed by atoms with Gasteiger partial charge in [0.25, 0.3) is 5.69 Å². The summed E-state index contributed by atoms with van der Waals surface area (Å²) in [7, 11) is 0. The van der Waals surface area contributed by atoms with Gasteiger partial charge in [-0.25, -0.2) is 4.39 Å². The zero-order valence-electron chi connectivity index (χ0n) is 8.81. The van der Waals surface area contributed by atoms with Crippen LogP contribution in [0.15, 0.2) is 12.1 Å². The van der Waals surface area contributed by atoms with Crippen LogP contribution in [0.1, 0.15) is 24.8 Å². The molecule has 17 heavy (non-hydrogen) atoms. The Morgan fingerprint density at radius 1 is 1.65 bits per heavy atom. The minimum atomic E-state index is -1.21. The zero-order chi connectivity index (χ0) is 13.2. The number of carboxylic acid groups (broad SMARTS) is 1. The van der Waals surface area contributed by atoms with Crippen LogP contribution in [-0.4, -0.2) is 16.0 Å². The molecule has 0 saturated carbocycles. The van der Waals surface area contributed by atoms with Gasteiger partial charge < -0.3 is 5.11 Å². The Morgan fingerprint density at radius 3 is 2.65 bits per heavy atom. The lowest BCUT2D eigenvalue weighted by molar-refractivity contribution is -0.385. The van der Waals surface area contributed by atoms with Crippen molar-refractivity contribution in [2.45, 2.75) is 19.3 Å². The molecule has 0 fully saturated rings. The van der Waals surface area contributed by atoms with Gasteiger partial charge in [-0.2, -0.15) is 0 Å². The monoisotopic (exact) mass is 261 g/mol. The van der Waals surface area contributed by atoms with Gasteiger partial charge in [0.15, 0.2) is 0 Å². The summed E-state index contributed by atoms with van der Waals surface area (Å²) in [6.07, 6.45) is 0.151. The van der Waals surface area contributed by atoms with E-state index in [4.69, 9.17) is 16.7 Å². The molecule has 0 bridgehead atoms. The Balaban J connectivity index is 3.44. The van der Waals surface area contributed by atoms with Crippen molar-refractivity contribution in [3.8, 4) is 0 Å². The van der Waals surface area contributed by atoms with Crippen molar-refractivity contribution in [1.82, 2.24) is 0 Å². The number of aliphatic carboxylic acids is 1. The van der Waals surface area contributed by atoms with Gasteiger partial charge >= 0.3 is 5.97 Å². The molecule has 1 aromatic carbocycles. The lowest BCUT2D eigenvalue weighted by atomic mass is 9.95. The van der Waals surface area contributed by atoms with Gasteiger partial charge in [-0.05, 0) is 12.5 Å². The molecule has 0 saturated heterocycles. The molecule has 0 heterocycles. The summed E-state index contributed by atoms with van der Waals surface area (Å²) in [5, 5.41) is 19.3. The predicted molar refractivity (Wildman–Crippen MR) is 58.7 cm³/mol. The maximum atomic E-state index is 13.1. The molecule has 0 aliphatic rings. The molecule has 1 atom stereocenters. The van der Waals surface area contributed by atoms with Crippen LogP contribution in [0.3, 0.4) is 0 Å². The highest BCUT2D eigenvalue weighted by molar-refractivity contribution is 6.30. The first-order chi connectivity index (χ1) is 7.88. The molecule has 0 aromatic heterocycles. The van der Waals surface area contributed by atoms with Crippen molar-refractivity contribution < 1.29 is 19.2 Å². The average Bonchev–Trinajstić information content (AvgIpc) is 2.22. The minimum Gasteiger partial charge on any atom is -0.481 e. The number of nitro benzene ring substituents is 1. The van der Waals surface area contributed by atoms with Crippen molar-refractivity contribution in [3.63, 3.8) is 0 Å². The summed E-state index contributed by atoms with van der Waals surface area (Å²) < 4.78 is 13.1. The Kier molecular flexibility index (Phi) is 4.01. The molecule has 0 radical (unpaired) electrons. The first kappa shape index (κ1) is 13.4. The number of nitro groups is 1. The molecule has 1 rings (SSSR count). The second kappa shape index (κ2) is 5.09. The van der Waals surface area contributed by atoms with Gasteiger partial charge in [-0.1, -0.05) is 18.5 Å². The highest BCUT2D eigenvalue weighted by Crippen LogP contribution is 2.33. The third-order valence-corrected chi connectivity index (χ3v) is 2.64. The van der Waals surface area contributed by atoms with E-state index in [9.17, 15) is 19.3 Å². The summed E-state index contributed by atoms with van der Waals surface area (Å²) in [6.45, 7) is 1.57. The summed E-state index contributed by atoms with van der Waals surface area (Å²) in [5.41, 5.74) is -0.655. The number of hydrogen-bond donors (Lipinski definition) is 1. The quantitative estimate of drug-likeness (QED) is 0.667. The summed E-state index contributed by atoms with van der Waals surface area (Å²) in [5.74, 6) is -3.23. The summed E-state index contributed by atoms with van der Waals surface area (Å²) >= 11 is 5.51. The average molecular weight is 262 g/mol. The van der Waals surface area contributed by atoms with Crippen molar-refractivity contribution in [1.29, 1.82) is 0 Å². The maximum Gasteiger partial charge on any atom is 0.311 e. The first-order valence-electron chi connectivity index (χ1n) is 4.74. The van der Waals surface area contributed by atoms with Gasteiger partial charge in [0.1, 0.15) is 5.82 Å². The number of carbonyl (C=O) groups is 1. The van der Waals surface area contributed by atoms with E-state index in [1.54, 1.807) is 6.92 Å². The number of carboxylic acids is 1. The van der Waals surface area contributed by atoms with Crippen LogP contribution in [0.4, 0.5) is 10.1 Å². The van der Waals surface area contributed by atoms with Crippen LogP contribution in [0.5, 0.6) is 0 Å². The minimum absolute atomic E-state index is 0.0867. The van der Waals surface area contributed by atoms with Gasteiger partial charge in [0.05, 0.1) is 21.9 Å². The van der Waals surface area contributed by atoms with Crippen molar-refractivity contribution >= 4 is 23.3 Å². The van der Waals surface area contributed by atoms with E-state index >= 15 is 0 Å². The lowest BCUT2D eigenvalue weighted by Gasteiger charge is -2.11. The second-order valence-corrected chi connectivity index (χ2v) is 3.79. The van der Waals surface area contributed by atoms with E-state index < -0.39 is 28.3 Å². The second-order valence-electron chi connectivity index (χ2n) is 3.38. The fourth-order valence-corrected chi connectivity index (χ4v) is 1.69. The molecular formula is C10H9ClFNO4. The van der Waals surface area contributed by atoms with Crippen molar-refractivity contribution in [2.75, 3.05) is 0 Å². The Morgan fingerprint density at radius 2 is 2.24 bits per heavy atom. The highest BCUT2D eigenvalue weighted by atomic mass is 35.5. The van der Waals surface area contributed by atoms with Gasteiger partial charge in [-0.15, -0.1) is 0 Å². The Hall–Kier alpha value is -1.69. The van der Waals surface area contributed by atoms with E-state index in [-0.39, 0.29) is 17.0 Å². The largest absolute Gasteiger partial charge is 0.481 e. The molecule has 5 nitrogen and oxygen atoms in total. The van der Waals surface area contributed by atoms with Gasteiger partial charge in [0, 0.05) is 5.56 Å².